The molecule has 1 atom stereocenters. The van der Waals surface area contributed by atoms with Gasteiger partial charge in [-0.2, -0.15) is 8.78 Å². The number of methoxy groups -OCH3 is 1. The van der Waals surface area contributed by atoms with Gasteiger partial charge in [0, 0.05) is 6.42 Å². The Balaban J connectivity index is 2.91. The lowest BCUT2D eigenvalue weighted by Crippen LogP contribution is -2.49. The molecule has 0 N–H and O–H groups in total. The zero-order chi connectivity index (χ0) is 17.7. The van der Waals surface area contributed by atoms with E-state index in [9.17, 15) is 18.4 Å². The van der Waals surface area contributed by atoms with Gasteiger partial charge in [0.05, 0.1) is 13.7 Å². The quantitative estimate of drug-likeness (QED) is 0.720. The zero-order valence-corrected chi connectivity index (χ0v) is 13.8. The molecular formula is C17H22F2O4. The van der Waals surface area contributed by atoms with Crippen molar-refractivity contribution in [2.75, 3.05) is 7.11 Å². The number of benzene rings is 1. The van der Waals surface area contributed by atoms with Crippen molar-refractivity contribution in [3.63, 3.8) is 0 Å². The van der Waals surface area contributed by atoms with Gasteiger partial charge in [-0.05, 0) is 11.0 Å². The van der Waals surface area contributed by atoms with E-state index in [1.807, 2.05) is 0 Å². The first-order chi connectivity index (χ1) is 10.6. The molecule has 0 bridgehead atoms. The summed E-state index contributed by atoms with van der Waals surface area (Å²) in [6.45, 7) is 4.77. The summed E-state index contributed by atoms with van der Waals surface area (Å²) in [6.07, 6.45) is -2.63. The van der Waals surface area contributed by atoms with Crippen molar-refractivity contribution < 1.29 is 27.8 Å². The first-order valence-electron chi connectivity index (χ1n) is 7.22. The van der Waals surface area contributed by atoms with E-state index in [0.717, 1.165) is 7.11 Å². The molecule has 1 rings (SSSR count). The number of Topliss-reactive ketones (excluding diaryl/α,β-unsaturated/α-hetero) is 1. The molecule has 0 aliphatic rings. The summed E-state index contributed by atoms with van der Waals surface area (Å²) >= 11 is 0. The van der Waals surface area contributed by atoms with Crippen LogP contribution in [0.5, 0.6) is 0 Å². The van der Waals surface area contributed by atoms with Crippen molar-refractivity contribution in [1.82, 2.24) is 0 Å². The second kappa shape index (κ2) is 7.64. The monoisotopic (exact) mass is 328 g/mol. The summed E-state index contributed by atoms with van der Waals surface area (Å²) in [7, 11) is 0.978. The predicted octanol–water partition coefficient (Wildman–Crippen LogP) is 3.39. The molecule has 128 valence electrons. The standard InChI is InChI=1S/C17H22F2O4/c1-16(2,3)10-13(20)17(18,19)14(15(21)22-4)23-11-12-8-6-5-7-9-12/h5-9,14H,10-11H2,1-4H3. The maximum absolute atomic E-state index is 14.4. The van der Waals surface area contributed by atoms with Gasteiger partial charge in [0.1, 0.15) is 0 Å². The third kappa shape index (κ3) is 5.71. The number of esters is 1. The topological polar surface area (TPSA) is 52.6 Å². The van der Waals surface area contributed by atoms with E-state index in [1.165, 1.54) is 0 Å². The van der Waals surface area contributed by atoms with E-state index < -0.39 is 29.2 Å². The van der Waals surface area contributed by atoms with Crippen molar-refractivity contribution in [1.29, 1.82) is 0 Å². The van der Waals surface area contributed by atoms with Crippen LogP contribution in [0.4, 0.5) is 8.78 Å². The lowest BCUT2D eigenvalue weighted by Gasteiger charge is -2.26. The Labute approximate surface area is 134 Å². The fraction of sp³-hybridized carbons (Fsp3) is 0.529. The van der Waals surface area contributed by atoms with Gasteiger partial charge in [0.15, 0.2) is 0 Å². The largest absolute Gasteiger partial charge is 0.467 e. The molecule has 0 fully saturated rings. The molecule has 0 amide bonds. The van der Waals surface area contributed by atoms with Crippen LogP contribution in [0.2, 0.25) is 0 Å². The zero-order valence-electron chi connectivity index (χ0n) is 13.8. The Hall–Kier alpha value is -1.82. The Morgan fingerprint density at radius 1 is 1.13 bits per heavy atom. The first-order valence-corrected chi connectivity index (χ1v) is 7.22. The maximum atomic E-state index is 14.4. The molecule has 0 radical (unpaired) electrons. The number of carbonyl (C=O) groups is 2. The van der Waals surface area contributed by atoms with E-state index in [4.69, 9.17) is 4.74 Å². The maximum Gasteiger partial charge on any atom is 0.341 e. The predicted molar refractivity (Wildman–Crippen MR) is 81.1 cm³/mol. The van der Waals surface area contributed by atoms with Crippen LogP contribution in [0.3, 0.4) is 0 Å². The molecule has 1 aromatic rings. The van der Waals surface area contributed by atoms with E-state index in [0.29, 0.717) is 5.56 Å². The summed E-state index contributed by atoms with van der Waals surface area (Å²) in [5.74, 6) is -6.56. The molecule has 0 saturated carbocycles. The summed E-state index contributed by atoms with van der Waals surface area (Å²) in [6, 6.07) is 8.54. The van der Waals surface area contributed by atoms with E-state index >= 15 is 0 Å². The average molecular weight is 328 g/mol. The number of ether oxygens (including phenoxy) is 2. The number of hydrogen-bond acceptors (Lipinski definition) is 4. The fourth-order valence-electron chi connectivity index (χ4n) is 1.93. The number of carbonyl (C=O) groups excluding carboxylic acids is 2. The first kappa shape index (κ1) is 19.2. The van der Waals surface area contributed by atoms with E-state index in [2.05, 4.69) is 4.74 Å². The van der Waals surface area contributed by atoms with Crippen molar-refractivity contribution in [2.45, 2.75) is 45.8 Å². The molecule has 1 unspecified atom stereocenters. The number of rotatable bonds is 7. The smallest absolute Gasteiger partial charge is 0.341 e. The molecule has 0 aliphatic heterocycles. The lowest BCUT2D eigenvalue weighted by molar-refractivity contribution is -0.192. The number of ketones is 1. The highest BCUT2D eigenvalue weighted by Gasteiger charge is 2.53. The third-order valence-electron chi connectivity index (χ3n) is 3.07. The molecule has 0 saturated heterocycles. The average Bonchev–Trinajstić information content (AvgIpc) is 2.46. The van der Waals surface area contributed by atoms with Gasteiger partial charge in [-0.15, -0.1) is 0 Å². The summed E-state index contributed by atoms with van der Waals surface area (Å²) in [5, 5.41) is 0. The molecule has 0 aromatic heterocycles. The van der Waals surface area contributed by atoms with Gasteiger partial charge < -0.3 is 9.47 Å². The molecule has 6 heteroatoms. The van der Waals surface area contributed by atoms with Crippen LogP contribution in [0, 0.1) is 5.41 Å². The molecule has 0 heterocycles. The normalized spacial score (nSPS) is 13.5. The summed E-state index contributed by atoms with van der Waals surface area (Å²) < 4.78 is 38.2. The van der Waals surface area contributed by atoms with Crippen molar-refractivity contribution in [2.24, 2.45) is 5.41 Å². The van der Waals surface area contributed by atoms with Crippen LogP contribution in [0.1, 0.15) is 32.8 Å². The highest BCUT2D eigenvalue weighted by atomic mass is 19.3. The van der Waals surface area contributed by atoms with Gasteiger partial charge in [0.25, 0.3) is 0 Å². The molecular weight excluding hydrogens is 306 g/mol. The second-order valence-corrected chi connectivity index (χ2v) is 6.48. The minimum Gasteiger partial charge on any atom is -0.467 e. The summed E-state index contributed by atoms with van der Waals surface area (Å²) in [4.78, 5) is 23.6. The molecule has 0 aliphatic carbocycles. The molecule has 0 spiro atoms. The van der Waals surface area contributed by atoms with Gasteiger partial charge in [0.2, 0.25) is 11.9 Å². The lowest BCUT2D eigenvalue weighted by atomic mass is 9.87. The van der Waals surface area contributed by atoms with Crippen molar-refractivity contribution in [3.05, 3.63) is 35.9 Å². The highest BCUT2D eigenvalue weighted by molar-refractivity contribution is 5.92. The van der Waals surface area contributed by atoms with Gasteiger partial charge >= 0.3 is 11.9 Å². The molecule has 4 nitrogen and oxygen atoms in total. The Bertz CT molecular complexity index is 535. The van der Waals surface area contributed by atoms with Crippen molar-refractivity contribution in [3.8, 4) is 0 Å². The second-order valence-electron chi connectivity index (χ2n) is 6.48. The van der Waals surface area contributed by atoms with Crippen LogP contribution < -0.4 is 0 Å². The number of hydrogen-bond donors (Lipinski definition) is 0. The molecule has 23 heavy (non-hydrogen) atoms. The van der Waals surface area contributed by atoms with Gasteiger partial charge in [-0.25, -0.2) is 4.79 Å². The Kier molecular flexibility index (Phi) is 6.38. The highest BCUT2D eigenvalue weighted by Crippen LogP contribution is 2.31. The van der Waals surface area contributed by atoms with Crippen LogP contribution in [0.15, 0.2) is 30.3 Å². The fourth-order valence-corrected chi connectivity index (χ4v) is 1.93. The minimum atomic E-state index is -3.95. The van der Waals surface area contributed by atoms with E-state index in [1.54, 1.807) is 51.1 Å². The van der Waals surface area contributed by atoms with Crippen LogP contribution in [-0.4, -0.2) is 30.9 Å². The summed E-state index contributed by atoms with van der Waals surface area (Å²) in [5.41, 5.74) is -0.0128. The van der Waals surface area contributed by atoms with E-state index in [-0.39, 0.29) is 13.0 Å². The molecule has 1 aromatic carbocycles. The van der Waals surface area contributed by atoms with Crippen molar-refractivity contribution >= 4 is 11.8 Å². The number of halogens is 2. The third-order valence-corrected chi connectivity index (χ3v) is 3.07. The minimum absolute atomic E-state index is 0.223. The van der Waals surface area contributed by atoms with Gasteiger partial charge in [-0.3, -0.25) is 4.79 Å². The van der Waals surface area contributed by atoms with Crippen LogP contribution in [0.25, 0.3) is 0 Å². The van der Waals surface area contributed by atoms with Crippen LogP contribution in [-0.2, 0) is 25.7 Å². The van der Waals surface area contributed by atoms with Gasteiger partial charge in [-0.1, -0.05) is 51.1 Å². The number of alkyl halides is 2. The Morgan fingerprint density at radius 3 is 2.17 bits per heavy atom. The van der Waals surface area contributed by atoms with Crippen LogP contribution >= 0.6 is 0 Å². The SMILES string of the molecule is COC(=O)C(OCc1ccccc1)C(F)(F)C(=O)CC(C)(C)C. The Morgan fingerprint density at radius 2 is 1.70 bits per heavy atom.